The SMILES string of the molecule is CNC(C)(CO)CCCCSc1nnc2ccccn12. The Labute approximate surface area is 123 Å². The lowest BCUT2D eigenvalue weighted by Gasteiger charge is -2.26. The first kappa shape index (κ1) is 15.3. The van der Waals surface area contributed by atoms with Crippen LogP contribution in [0.25, 0.3) is 5.65 Å². The van der Waals surface area contributed by atoms with Crippen molar-refractivity contribution in [2.24, 2.45) is 0 Å². The molecule has 20 heavy (non-hydrogen) atoms. The molecule has 0 saturated heterocycles. The van der Waals surface area contributed by atoms with E-state index in [1.165, 1.54) is 0 Å². The molecule has 2 aromatic heterocycles. The smallest absolute Gasteiger partial charge is 0.195 e. The number of thioether (sulfide) groups is 1. The predicted molar refractivity (Wildman–Crippen MR) is 82.1 cm³/mol. The molecule has 0 aromatic carbocycles. The largest absolute Gasteiger partial charge is 0.394 e. The second-order valence-corrected chi connectivity index (χ2v) is 6.25. The second kappa shape index (κ2) is 7.06. The number of rotatable bonds is 8. The average Bonchev–Trinajstić information content (AvgIpc) is 2.90. The standard InChI is InChI=1S/C14H22N4OS/c1-14(11-19,15-2)8-4-6-10-20-13-17-16-12-7-3-5-9-18(12)13/h3,5,7,9,15,19H,4,6,8,10-11H2,1-2H3. The summed E-state index contributed by atoms with van der Waals surface area (Å²) in [6.45, 7) is 2.22. The molecule has 0 radical (unpaired) electrons. The number of nitrogens with zero attached hydrogens (tertiary/aromatic N) is 3. The summed E-state index contributed by atoms with van der Waals surface area (Å²) in [6, 6.07) is 5.91. The van der Waals surface area contributed by atoms with Crippen molar-refractivity contribution in [1.29, 1.82) is 0 Å². The molecule has 0 saturated carbocycles. The zero-order chi connectivity index (χ0) is 14.4. The Hall–Kier alpha value is -1.11. The number of unbranched alkanes of at least 4 members (excludes halogenated alkanes) is 1. The third-order valence-corrected chi connectivity index (χ3v) is 4.62. The molecule has 110 valence electrons. The van der Waals surface area contributed by atoms with Crippen molar-refractivity contribution < 1.29 is 5.11 Å². The van der Waals surface area contributed by atoms with Gasteiger partial charge in [0, 0.05) is 17.5 Å². The molecule has 2 heterocycles. The molecule has 0 bridgehead atoms. The first-order chi connectivity index (χ1) is 9.68. The minimum absolute atomic E-state index is 0.160. The van der Waals surface area contributed by atoms with Crippen LogP contribution in [0.5, 0.6) is 0 Å². The fraction of sp³-hybridized carbons (Fsp3) is 0.571. The predicted octanol–water partition coefficient (Wildman–Crippen LogP) is 1.96. The Morgan fingerprint density at radius 3 is 2.95 bits per heavy atom. The third-order valence-electron chi connectivity index (χ3n) is 3.59. The summed E-state index contributed by atoms with van der Waals surface area (Å²) in [7, 11) is 1.90. The normalized spacial score (nSPS) is 14.6. The molecule has 0 aliphatic carbocycles. The summed E-state index contributed by atoms with van der Waals surface area (Å²) in [4.78, 5) is 0. The second-order valence-electron chi connectivity index (χ2n) is 5.19. The fourth-order valence-electron chi connectivity index (χ4n) is 1.98. The van der Waals surface area contributed by atoms with Crippen LogP contribution in [0.4, 0.5) is 0 Å². The lowest BCUT2D eigenvalue weighted by molar-refractivity contribution is 0.171. The van der Waals surface area contributed by atoms with Gasteiger partial charge in [-0.1, -0.05) is 24.2 Å². The van der Waals surface area contributed by atoms with Gasteiger partial charge in [0.15, 0.2) is 10.8 Å². The van der Waals surface area contributed by atoms with Gasteiger partial charge in [0.2, 0.25) is 0 Å². The monoisotopic (exact) mass is 294 g/mol. The fourth-order valence-corrected chi connectivity index (χ4v) is 2.90. The highest BCUT2D eigenvalue weighted by Crippen LogP contribution is 2.20. The topological polar surface area (TPSA) is 62.5 Å². The van der Waals surface area contributed by atoms with Crippen molar-refractivity contribution in [3.8, 4) is 0 Å². The lowest BCUT2D eigenvalue weighted by Crippen LogP contribution is -2.43. The van der Waals surface area contributed by atoms with Crippen LogP contribution in [0.1, 0.15) is 26.2 Å². The molecule has 5 nitrogen and oxygen atoms in total. The number of aliphatic hydroxyl groups is 1. The quantitative estimate of drug-likeness (QED) is 0.576. The molecular weight excluding hydrogens is 272 g/mol. The molecule has 2 N–H and O–H groups in total. The van der Waals surface area contributed by atoms with Crippen LogP contribution >= 0.6 is 11.8 Å². The summed E-state index contributed by atoms with van der Waals surface area (Å²) >= 11 is 1.73. The van der Waals surface area contributed by atoms with Crippen LogP contribution in [0.2, 0.25) is 0 Å². The van der Waals surface area contributed by atoms with Gasteiger partial charge in [-0.05, 0) is 38.9 Å². The number of aromatic nitrogens is 3. The molecule has 0 aliphatic rings. The van der Waals surface area contributed by atoms with Gasteiger partial charge in [-0.15, -0.1) is 10.2 Å². The minimum Gasteiger partial charge on any atom is -0.394 e. The van der Waals surface area contributed by atoms with Gasteiger partial charge < -0.3 is 10.4 Å². The zero-order valence-electron chi connectivity index (χ0n) is 12.0. The summed E-state index contributed by atoms with van der Waals surface area (Å²) in [5.74, 6) is 1.01. The molecular formula is C14H22N4OS. The van der Waals surface area contributed by atoms with Gasteiger partial charge >= 0.3 is 0 Å². The van der Waals surface area contributed by atoms with Gasteiger partial charge in [0.05, 0.1) is 6.61 Å². The zero-order valence-corrected chi connectivity index (χ0v) is 12.9. The van der Waals surface area contributed by atoms with E-state index in [1.807, 2.05) is 42.8 Å². The van der Waals surface area contributed by atoms with Crippen molar-refractivity contribution in [2.75, 3.05) is 19.4 Å². The minimum atomic E-state index is -0.160. The van der Waals surface area contributed by atoms with E-state index in [0.717, 1.165) is 35.8 Å². The van der Waals surface area contributed by atoms with Crippen LogP contribution < -0.4 is 5.32 Å². The molecule has 1 unspecified atom stereocenters. The van der Waals surface area contributed by atoms with Crippen molar-refractivity contribution in [3.05, 3.63) is 24.4 Å². The number of likely N-dealkylation sites (N-methyl/N-ethyl adjacent to an activating group) is 1. The Morgan fingerprint density at radius 2 is 2.20 bits per heavy atom. The lowest BCUT2D eigenvalue weighted by atomic mass is 9.96. The van der Waals surface area contributed by atoms with Crippen LogP contribution in [0, 0.1) is 0 Å². The van der Waals surface area contributed by atoms with E-state index in [2.05, 4.69) is 15.5 Å². The highest BCUT2D eigenvalue weighted by Gasteiger charge is 2.19. The van der Waals surface area contributed by atoms with E-state index in [-0.39, 0.29) is 12.1 Å². The van der Waals surface area contributed by atoms with Crippen LogP contribution in [0.3, 0.4) is 0 Å². The van der Waals surface area contributed by atoms with E-state index >= 15 is 0 Å². The van der Waals surface area contributed by atoms with E-state index in [0.29, 0.717) is 0 Å². The molecule has 0 fully saturated rings. The molecule has 2 rings (SSSR count). The van der Waals surface area contributed by atoms with Crippen molar-refractivity contribution in [2.45, 2.75) is 36.9 Å². The number of pyridine rings is 1. The molecule has 6 heteroatoms. The maximum Gasteiger partial charge on any atom is 0.195 e. The Balaban J connectivity index is 1.76. The van der Waals surface area contributed by atoms with Crippen LogP contribution in [-0.4, -0.2) is 44.7 Å². The molecule has 0 spiro atoms. The molecule has 0 aliphatic heterocycles. The summed E-state index contributed by atoms with van der Waals surface area (Å²) in [5, 5.41) is 21.8. The van der Waals surface area contributed by atoms with Crippen LogP contribution in [-0.2, 0) is 0 Å². The number of aliphatic hydroxyl groups excluding tert-OH is 1. The molecule has 0 amide bonds. The van der Waals surface area contributed by atoms with Gasteiger partial charge in [0.25, 0.3) is 0 Å². The Morgan fingerprint density at radius 1 is 1.35 bits per heavy atom. The number of hydrogen-bond acceptors (Lipinski definition) is 5. The molecule has 2 aromatic rings. The summed E-state index contributed by atoms with van der Waals surface area (Å²) < 4.78 is 2.01. The van der Waals surface area contributed by atoms with Gasteiger partial charge in [-0.2, -0.15) is 0 Å². The van der Waals surface area contributed by atoms with E-state index in [4.69, 9.17) is 0 Å². The highest BCUT2D eigenvalue weighted by molar-refractivity contribution is 7.99. The van der Waals surface area contributed by atoms with E-state index < -0.39 is 0 Å². The number of fused-ring (bicyclic) bond motifs is 1. The number of nitrogens with one attached hydrogen (secondary N) is 1. The van der Waals surface area contributed by atoms with Gasteiger partial charge in [-0.25, -0.2) is 0 Å². The maximum atomic E-state index is 9.32. The maximum absolute atomic E-state index is 9.32. The van der Waals surface area contributed by atoms with Gasteiger partial charge in [-0.3, -0.25) is 4.40 Å². The Kier molecular flexibility index (Phi) is 5.39. The highest BCUT2D eigenvalue weighted by atomic mass is 32.2. The van der Waals surface area contributed by atoms with E-state index in [1.54, 1.807) is 11.8 Å². The van der Waals surface area contributed by atoms with Crippen molar-refractivity contribution in [3.63, 3.8) is 0 Å². The summed E-state index contributed by atoms with van der Waals surface area (Å²) in [6.07, 6.45) is 5.15. The average molecular weight is 294 g/mol. The first-order valence-corrected chi connectivity index (χ1v) is 7.89. The summed E-state index contributed by atoms with van der Waals surface area (Å²) in [5.41, 5.74) is 0.727. The van der Waals surface area contributed by atoms with Crippen molar-refractivity contribution >= 4 is 17.4 Å². The Bertz CT molecular complexity index is 539. The number of hydrogen-bond donors (Lipinski definition) is 2. The third kappa shape index (κ3) is 3.71. The molecule has 1 atom stereocenters. The van der Waals surface area contributed by atoms with Gasteiger partial charge in [0.1, 0.15) is 0 Å². The van der Waals surface area contributed by atoms with E-state index in [9.17, 15) is 5.11 Å². The van der Waals surface area contributed by atoms with Crippen molar-refractivity contribution in [1.82, 2.24) is 19.9 Å². The van der Waals surface area contributed by atoms with Crippen LogP contribution in [0.15, 0.2) is 29.6 Å². The first-order valence-electron chi connectivity index (χ1n) is 6.91.